The molecule has 2 nitrogen and oxygen atoms in total. The van der Waals surface area contributed by atoms with Gasteiger partial charge in [0.2, 0.25) is 0 Å². The maximum atomic E-state index is 4.06. The Hall–Kier alpha value is -2.42. The molecule has 2 bridgehead atoms. The lowest BCUT2D eigenvalue weighted by molar-refractivity contribution is -0.0382. The predicted octanol–water partition coefficient (Wildman–Crippen LogP) is 5.71. The maximum Gasteiger partial charge on any atom is 0.0361 e. The van der Waals surface area contributed by atoms with Crippen LogP contribution in [0.15, 0.2) is 91.0 Å². The van der Waals surface area contributed by atoms with Crippen molar-refractivity contribution in [2.45, 2.75) is 44.3 Å². The first-order chi connectivity index (χ1) is 15.3. The minimum absolute atomic E-state index is 0.385. The van der Waals surface area contributed by atoms with E-state index >= 15 is 0 Å². The van der Waals surface area contributed by atoms with Crippen molar-refractivity contribution in [1.82, 2.24) is 10.2 Å². The zero-order valence-electron chi connectivity index (χ0n) is 18.5. The normalized spacial score (nSPS) is 27.5. The van der Waals surface area contributed by atoms with Crippen LogP contribution in [0.1, 0.15) is 42.4 Å². The molecule has 0 radical (unpaired) electrons. The van der Waals surface area contributed by atoms with Crippen molar-refractivity contribution in [3.8, 4) is 0 Å². The van der Waals surface area contributed by atoms with Gasteiger partial charge >= 0.3 is 0 Å². The highest BCUT2D eigenvalue weighted by molar-refractivity contribution is 5.36. The summed E-state index contributed by atoms with van der Waals surface area (Å²) in [5.41, 5.74) is 4.25. The Labute approximate surface area is 187 Å². The molecule has 3 fully saturated rings. The highest BCUT2D eigenvalue weighted by Gasteiger charge is 2.49. The second-order valence-corrected chi connectivity index (χ2v) is 9.30. The summed E-state index contributed by atoms with van der Waals surface area (Å²) in [4.78, 5) is 2.81. The first kappa shape index (κ1) is 20.5. The lowest BCUT2D eigenvalue weighted by atomic mass is 9.66. The van der Waals surface area contributed by atoms with Crippen molar-refractivity contribution in [2.24, 2.45) is 11.8 Å². The fraction of sp³-hybridized carbons (Fsp3) is 0.379. The third-order valence-corrected chi connectivity index (χ3v) is 7.64. The first-order valence-corrected chi connectivity index (χ1v) is 12.0. The molecule has 0 aromatic heterocycles. The van der Waals surface area contributed by atoms with Crippen LogP contribution in [0.2, 0.25) is 0 Å². The summed E-state index contributed by atoms with van der Waals surface area (Å²) in [5, 5.41) is 4.06. The van der Waals surface area contributed by atoms with E-state index in [1.807, 2.05) is 0 Å². The third kappa shape index (κ3) is 4.20. The molecule has 3 aromatic rings. The van der Waals surface area contributed by atoms with Crippen LogP contribution in [0.4, 0.5) is 0 Å². The van der Waals surface area contributed by atoms with Gasteiger partial charge in [-0.1, -0.05) is 104 Å². The van der Waals surface area contributed by atoms with Gasteiger partial charge in [-0.25, -0.2) is 0 Å². The number of benzene rings is 3. The van der Waals surface area contributed by atoms with Gasteiger partial charge in [-0.2, -0.15) is 0 Å². The topological polar surface area (TPSA) is 15.3 Å². The maximum absolute atomic E-state index is 4.06. The molecule has 31 heavy (non-hydrogen) atoms. The minimum Gasteiger partial charge on any atom is -0.308 e. The molecule has 3 heterocycles. The number of fused-ring (bicyclic) bond motifs is 3. The number of rotatable bonds is 7. The summed E-state index contributed by atoms with van der Waals surface area (Å²) in [7, 11) is 0. The van der Waals surface area contributed by atoms with E-state index in [-0.39, 0.29) is 0 Å². The summed E-state index contributed by atoms with van der Waals surface area (Å²) in [6, 6.07) is 34.2. The highest BCUT2D eigenvalue weighted by Crippen LogP contribution is 2.45. The molecular weight excluding hydrogens is 376 g/mol. The van der Waals surface area contributed by atoms with Crippen LogP contribution in [-0.2, 0) is 6.54 Å². The van der Waals surface area contributed by atoms with Crippen molar-refractivity contribution in [3.05, 3.63) is 108 Å². The van der Waals surface area contributed by atoms with Crippen molar-refractivity contribution in [2.75, 3.05) is 13.1 Å². The van der Waals surface area contributed by atoms with Crippen molar-refractivity contribution in [1.29, 1.82) is 0 Å². The summed E-state index contributed by atoms with van der Waals surface area (Å²) in [6.45, 7) is 5.79. The predicted molar refractivity (Wildman–Crippen MR) is 129 cm³/mol. The Kier molecular flexibility index (Phi) is 6.20. The molecule has 3 saturated heterocycles. The highest BCUT2D eigenvalue weighted by atomic mass is 15.2. The number of hydrogen-bond donors (Lipinski definition) is 1. The van der Waals surface area contributed by atoms with E-state index in [1.165, 1.54) is 42.6 Å². The van der Waals surface area contributed by atoms with Crippen LogP contribution in [0.5, 0.6) is 0 Å². The fourth-order valence-electron chi connectivity index (χ4n) is 6.16. The van der Waals surface area contributed by atoms with Crippen molar-refractivity contribution < 1.29 is 0 Å². The third-order valence-electron chi connectivity index (χ3n) is 7.64. The second-order valence-electron chi connectivity index (χ2n) is 9.30. The number of nitrogens with one attached hydrogen (secondary N) is 1. The summed E-state index contributed by atoms with van der Waals surface area (Å²) < 4.78 is 0. The second kappa shape index (κ2) is 9.38. The SMILES string of the molecule is CCC1CN2CCC1C(NCc1ccccc1)C2C(c1ccccc1)c1ccccc1. The van der Waals surface area contributed by atoms with Crippen LogP contribution in [0, 0.1) is 11.8 Å². The Balaban J connectivity index is 1.52. The summed E-state index contributed by atoms with van der Waals surface area (Å²) in [5.74, 6) is 1.93. The van der Waals surface area contributed by atoms with Crippen molar-refractivity contribution in [3.63, 3.8) is 0 Å². The van der Waals surface area contributed by atoms with E-state index < -0.39 is 0 Å². The molecular formula is C29H34N2. The summed E-state index contributed by atoms with van der Waals surface area (Å²) in [6.07, 6.45) is 2.59. The largest absolute Gasteiger partial charge is 0.308 e. The zero-order valence-corrected chi connectivity index (χ0v) is 18.5. The van der Waals surface area contributed by atoms with E-state index in [9.17, 15) is 0 Å². The molecule has 0 amide bonds. The van der Waals surface area contributed by atoms with Crippen LogP contribution in [0.3, 0.4) is 0 Å². The average molecular weight is 411 g/mol. The van der Waals surface area contributed by atoms with Gasteiger partial charge in [0.25, 0.3) is 0 Å². The van der Waals surface area contributed by atoms with Crippen LogP contribution < -0.4 is 5.32 Å². The molecule has 3 aliphatic heterocycles. The molecule has 5 atom stereocenters. The lowest BCUT2D eigenvalue weighted by Gasteiger charge is -2.57. The molecule has 0 aliphatic carbocycles. The molecule has 3 aromatic carbocycles. The molecule has 1 N–H and O–H groups in total. The van der Waals surface area contributed by atoms with Gasteiger partial charge in [0, 0.05) is 31.1 Å². The fourth-order valence-corrected chi connectivity index (χ4v) is 6.16. The van der Waals surface area contributed by atoms with Gasteiger partial charge in [0.15, 0.2) is 0 Å². The Bertz CT molecular complexity index is 901. The summed E-state index contributed by atoms with van der Waals surface area (Å²) >= 11 is 0. The van der Waals surface area contributed by atoms with Gasteiger partial charge in [-0.05, 0) is 41.5 Å². The Morgan fingerprint density at radius 3 is 2.00 bits per heavy atom. The molecule has 3 aliphatic rings. The number of piperidine rings is 3. The Morgan fingerprint density at radius 1 is 0.839 bits per heavy atom. The van der Waals surface area contributed by atoms with E-state index in [0.29, 0.717) is 18.0 Å². The monoisotopic (exact) mass is 410 g/mol. The van der Waals surface area contributed by atoms with Crippen LogP contribution >= 0.6 is 0 Å². The van der Waals surface area contributed by atoms with Gasteiger partial charge in [0.05, 0.1) is 0 Å². The van der Waals surface area contributed by atoms with Crippen LogP contribution in [0.25, 0.3) is 0 Å². The van der Waals surface area contributed by atoms with Crippen LogP contribution in [-0.4, -0.2) is 30.1 Å². The number of nitrogens with zero attached hydrogens (tertiary/aromatic N) is 1. The standard InChI is InChI=1S/C29H34N2/c1-2-23-21-31-19-18-26(23)28(30-20-22-12-6-3-7-13-22)29(31)27(24-14-8-4-9-15-24)25-16-10-5-11-17-25/h3-17,23,26-30H,2,18-21H2,1H3. The van der Waals surface area contributed by atoms with E-state index in [1.54, 1.807) is 0 Å². The smallest absolute Gasteiger partial charge is 0.0361 e. The van der Waals surface area contributed by atoms with Gasteiger partial charge < -0.3 is 5.32 Å². The van der Waals surface area contributed by atoms with Gasteiger partial charge in [0.1, 0.15) is 0 Å². The van der Waals surface area contributed by atoms with Crippen molar-refractivity contribution >= 4 is 0 Å². The van der Waals surface area contributed by atoms with Gasteiger partial charge in [-0.15, -0.1) is 0 Å². The molecule has 5 unspecified atom stereocenters. The van der Waals surface area contributed by atoms with E-state index in [4.69, 9.17) is 0 Å². The lowest BCUT2D eigenvalue weighted by Crippen LogP contribution is -2.67. The first-order valence-electron chi connectivity index (χ1n) is 12.0. The average Bonchev–Trinajstić information content (AvgIpc) is 2.85. The minimum atomic E-state index is 0.385. The Morgan fingerprint density at radius 2 is 1.42 bits per heavy atom. The number of hydrogen-bond acceptors (Lipinski definition) is 2. The molecule has 0 saturated carbocycles. The van der Waals surface area contributed by atoms with Gasteiger partial charge in [-0.3, -0.25) is 4.90 Å². The van der Waals surface area contributed by atoms with E-state index in [0.717, 1.165) is 18.4 Å². The van der Waals surface area contributed by atoms with E-state index in [2.05, 4.69) is 108 Å². The molecule has 6 rings (SSSR count). The quantitative estimate of drug-likeness (QED) is 0.537. The molecule has 2 heteroatoms. The zero-order chi connectivity index (χ0) is 21.0. The molecule has 160 valence electrons. The molecule has 0 spiro atoms.